The summed E-state index contributed by atoms with van der Waals surface area (Å²) in [5.41, 5.74) is 5.91. The molecule has 1 aromatic rings. The lowest BCUT2D eigenvalue weighted by molar-refractivity contribution is 0.0971. The monoisotopic (exact) mass is 403 g/mol. The number of nitrogens with two attached hydrogens (primary N) is 1. The number of rotatable bonds is 3. The maximum absolute atomic E-state index is 5.91. The van der Waals surface area contributed by atoms with Crippen molar-refractivity contribution in [2.45, 2.75) is 37.8 Å². The van der Waals surface area contributed by atoms with Crippen LogP contribution < -0.4 is 20.5 Å². The SMILES string of the molecule is I.NC(=NCC1COc2ccccc2O1)NC1CCCC1. The normalized spacial score (nSPS) is 21.7. The number of nitrogens with zero attached hydrogens (tertiary/aromatic N) is 1. The van der Waals surface area contributed by atoms with Gasteiger partial charge in [0.25, 0.3) is 0 Å². The lowest BCUT2D eigenvalue weighted by Crippen LogP contribution is -2.40. The van der Waals surface area contributed by atoms with Crippen LogP contribution in [0.3, 0.4) is 0 Å². The first-order valence-corrected chi connectivity index (χ1v) is 7.26. The van der Waals surface area contributed by atoms with Gasteiger partial charge in [-0.1, -0.05) is 25.0 Å². The molecule has 0 amide bonds. The van der Waals surface area contributed by atoms with E-state index in [4.69, 9.17) is 15.2 Å². The van der Waals surface area contributed by atoms with Crippen LogP contribution in [0, 0.1) is 0 Å². The first-order chi connectivity index (χ1) is 9.81. The van der Waals surface area contributed by atoms with Crippen molar-refractivity contribution in [1.82, 2.24) is 5.32 Å². The molecule has 3 N–H and O–H groups in total. The number of ether oxygens (including phenoxy) is 2. The fraction of sp³-hybridized carbons (Fsp3) is 0.533. The van der Waals surface area contributed by atoms with Crippen molar-refractivity contribution in [1.29, 1.82) is 0 Å². The van der Waals surface area contributed by atoms with Crippen LogP contribution in [0.15, 0.2) is 29.3 Å². The Morgan fingerprint density at radius 2 is 1.95 bits per heavy atom. The fourth-order valence-electron chi connectivity index (χ4n) is 2.68. The van der Waals surface area contributed by atoms with E-state index >= 15 is 0 Å². The molecule has 0 bridgehead atoms. The van der Waals surface area contributed by atoms with Crippen LogP contribution in [0.1, 0.15) is 25.7 Å². The van der Waals surface area contributed by atoms with Gasteiger partial charge in [-0.25, -0.2) is 4.99 Å². The molecule has 1 unspecified atom stereocenters. The van der Waals surface area contributed by atoms with Gasteiger partial charge in [0.05, 0.1) is 6.54 Å². The predicted molar refractivity (Wildman–Crippen MR) is 93.6 cm³/mol. The zero-order chi connectivity index (χ0) is 13.8. The number of hydrogen-bond acceptors (Lipinski definition) is 3. The van der Waals surface area contributed by atoms with Gasteiger partial charge in [0.15, 0.2) is 23.6 Å². The average molecular weight is 403 g/mol. The van der Waals surface area contributed by atoms with Gasteiger partial charge < -0.3 is 20.5 Å². The fourth-order valence-corrected chi connectivity index (χ4v) is 2.68. The molecule has 0 saturated heterocycles. The van der Waals surface area contributed by atoms with Crippen LogP contribution in [-0.4, -0.2) is 31.3 Å². The molecule has 1 aliphatic heterocycles. The second kappa shape index (κ2) is 7.72. The van der Waals surface area contributed by atoms with Gasteiger partial charge in [-0.3, -0.25) is 0 Å². The lowest BCUT2D eigenvalue weighted by Gasteiger charge is -2.25. The van der Waals surface area contributed by atoms with E-state index in [-0.39, 0.29) is 30.1 Å². The molecule has 1 aliphatic carbocycles. The molecule has 0 radical (unpaired) electrons. The highest BCUT2D eigenvalue weighted by Gasteiger charge is 2.20. The minimum absolute atomic E-state index is 0. The molecule has 6 heteroatoms. The van der Waals surface area contributed by atoms with Gasteiger partial charge in [-0.05, 0) is 25.0 Å². The minimum Gasteiger partial charge on any atom is -0.486 e. The Balaban J connectivity index is 0.00000161. The van der Waals surface area contributed by atoms with Crippen LogP contribution >= 0.6 is 24.0 Å². The smallest absolute Gasteiger partial charge is 0.188 e. The summed E-state index contributed by atoms with van der Waals surface area (Å²) in [6.45, 7) is 1.02. The number of para-hydroxylation sites is 2. The molecule has 1 fully saturated rings. The van der Waals surface area contributed by atoms with Crippen molar-refractivity contribution in [2.24, 2.45) is 10.7 Å². The molecule has 1 heterocycles. The molecule has 21 heavy (non-hydrogen) atoms. The molecule has 2 aliphatic rings. The summed E-state index contributed by atoms with van der Waals surface area (Å²) < 4.78 is 11.5. The molecule has 3 rings (SSSR count). The quantitative estimate of drug-likeness (QED) is 0.462. The Morgan fingerprint density at radius 3 is 2.71 bits per heavy atom. The summed E-state index contributed by atoms with van der Waals surface area (Å²) in [6.07, 6.45) is 4.86. The van der Waals surface area contributed by atoms with E-state index in [0.717, 1.165) is 11.5 Å². The molecule has 0 spiro atoms. The number of aliphatic imine (C=N–C) groups is 1. The molecule has 1 atom stereocenters. The number of benzene rings is 1. The highest BCUT2D eigenvalue weighted by atomic mass is 127. The molecule has 116 valence electrons. The standard InChI is InChI=1S/C15H21N3O2.HI/c16-15(18-11-5-1-2-6-11)17-9-12-10-19-13-7-3-4-8-14(13)20-12;/h3-4,7-8,11-12H,1-2,5-6,9-10H2,(H3,16,17,18);1H. The van der Waals surface area contributed by atoms with Crippen molar-refractivity contribution >= 4 is 29.9 Å². The maximum atomic E-state index is 5.91. The molecular weight excluding hydrogens is 381 g/mol. The van der Waals surface area contributed by atoms with Crippen LogP contribution in [0.4, 0.5) is 0 Å². The van der Waals surface area contributed by atoms with Crippen molar-refractivity contribution in [2.75, 3.05) is 13.2 Å². The topological polar surface area (TPSA) is 68.9 Å². The highest BCUT2D eigenvalue weighted by Crippen LogP contribution is 2.30. The van der Waals surface area contributed by atoms with Gasteiger partial charge in [0.1, 0.15) is 6.61 Å². The number of halogens is 1. The maximum Gasteiger partial charge on any atom is 0.188 e. The Kier molecular flexibility index (Phi) is 5.96. The summed E-state index contributed by atoms with van der Waals surface area (Å²) in [7, 11) is 0. The predicted octanol–water partition coefficient (Wildman–Crippen LogP) is 2.29. The lowest BCUT2D eigenvalue weighted by atomic mass is 10.2. The average Bonchev–Trinajstić information content (AvgIpc) is 2.98. The van der Waals surface area contributed by atoms with Crippen molar-refractivity contribution < 1.29 is 9.47 Å². The second-order valence-electron chi connectivity index (χ2n) is 5.35. The highest BCUT2D eigenvalue weighted by molar-refractivity contribution is 14.0. The zero-order valence-corrected chi connectivity index (χ0v) is 14.3. The van der Waals surface area contributed by atoms with Gasteiger partial charge in [-0.15, -0.1) is 24.0 Å². The summed E-state index contributed by atoms with van der Waals surface area (Å²) >= 11 is 0. The van der Waals surface area contributed by atoms with Crippen LogP contribution in [0.2, 0.25) is 0 Å². The van der Waals surface area contributed by atoms with Gasteiger partial charge in [0.2, 0.25) is 0 Å². The van der Waals surface area contributed by atoms with Gasteiger partial charge in [-0.2, -0.15) is 0 Å². The van der Waals surface area contributed by atoms with E-state index in [9.17, 15) is 0 Å². The first-order valence-electron chi connectivity index (χ1n) is 7.26. The van der Waals surface area contributed by atoms with Crippen LogP contribution in [0.25, 0.3) is 0 Å². The Hall–Kier alpha value is -1.18. The Bertz CT molecular complexity index is 490. The summed E-state index contributed by atoms with van der Waals surface area (Å²) in [4.78, 5) is 4.36. The summed E-state index contributed by atoms with van der Waals surface area (Å²) in [5.74, 6) is 2.09. The van der Waals surface area contributed by atoms with E-state index in [1.807, 2.05) is 24.3 Å². The third-order valence-electron chi connectivity index (χ3n) is 3.74. The largest absolute Gasteiger partial charge is 0.486 e. The van der Waals surface area contributed by atoms with Gasteiger partial charge >= 0.3 is 0 Å². The van der Waals surface area contributed by atoms with Crippen molar-refractivity contribution in [3.63, 3.8) is 0 Å². The molecule has 1 saturated carbocycles. The van der Waals surface area contributed by atoms with E-state index in [2.05, 4.69) is 10.3 Å². The van der Waals surface area contributed by atoms with Crippen LogP contribution in [0.5, 0.6) is 11.5 Å². The third kappa shape index (κ3) is 4.39. The Labute approximate surface area is 142 Å². The molecule has 5 nitrogen and oxygen atoms in total. The summed E-state index contributed by atoms with van der Waals surface area (Å²) in [6, 6.07) is 8.17. The molecule has 0 aromatic heterocycles. The molecular formula is C15H22IN3O2. The number of nitrogens with one attached hydrogen (secondary N) is 1. The second-order valence-corrected chi connectivity index (χ2v) is 5.35. The van der Waals surface area contributed by atoms with Crippen molar-refractivity contribution in [3.8, 4) is 11.5 Å². The van der Waals surface area contributed by atoms with Gasteiger partial charge in [0, 0.05) is 6.04 Å². The van der Waals surface area contributed by atoms with E-state index < -0.39 is 0 Å². The number of guanidine groups is 1. The number of fused-ring (bicyclic) bond motifs is 1. The van der Waals surface area contributed by atoms with E-state index in [0.29, 0.717) is 25.2 Å². The number of hydrogen-bond donors (Lipinski definition) is 2. The van der Waals surface area contributed by atoms with E-state index in [1.165, 1.54) is 25.7 Å². The molecule has 1 aromatic carbocycles. The minimum atomic E-state index is -0.0752. The van der Waals surface area contributed by atoms with Crippen molar-refractivity contribution in [3.05, 3.63) is 24.3 Å². The van der Waals surface area contributed by atoms with Crippen LogP contribution in [-0.2, 0) is 0 Å². The first kappa shape index (κ1) is 16.2. The Morgan fingerprint density at radius 1 is 1.24 bits per heavy atom. The zero-order valence-electron chi connectivity index (χ0n) is 12.0. The third-order valence-corrected chi connectivity index (χ3v) is 3.74. The van der Waals surface area contributed by atoms with E-state index in [1.54, 1.807) is 0 Å². The summed E-state index contributed by atoms with van der Waals surface area (Å²) in [5, 5.41) is 3.27.